The number of fused-ring (bicyclic) bond motifs is 2. The van der Waals surface area contributed by atoms with Crippen molar-refractivity contribution in [1.29, 1.82) is 0 Å². The Bertz CT molecular complexity index is 639. The first kappa shape index (κ1) is 11.6. The number of aryl methyl sites for hydroxylation is 1. The van der Waals surface area contributed by atoms with Crippen molar-refractivity contribution in [3.8, 4) is 5.75 Å². The molecule has 2 heterocycles. The van der Waals surface area contributed by atoms with E-state index in [0.717, 1.165) is 37.4 Å². The van der Waals surface area contributed by atoms with E-state index in [4.69, 9.17) is 4.74 Å². The van der Waals surface area contributed by atoms with Gasteiger partial charge in [0.15, 0.2) is 0 Å². The zero-order chi connectivity index (χ0) is 13.4. The molecule has 2 aromatic rings. The van der Waals surface area contributed by atoms with E-state index in [2.05, 4.69) is 53.1 Å². The summed E-state index contributed by atoms with van der Waals surface area (Å²) in [6, 6.07) is 15.5. The van der Waals surface area contributed by atoms with Crippen LogP contribution in [0.3, 0.4) is 0 Å². The summed E-state index contributed by atoms with van der Waals surface area (Å²) in [4.78, 5) is 0. The van der Waals surface area contributed by atoms with Crippen LogP contribution in [0.2, 0.25) is 0 Å². The Hall–Kier alpha value is -2.16. The number of anilines is 2. The molecule has 102 valence electrons. The number of benzene rings is 2. The molecule has 3 heteroatoms. The topological polar surface area (TPSA) is 33.3 Å². The third-order valence-electron chi connectivity index (χ3n) is 4.13. The SMILES string of the molecule is c1ccc2c(c1)CCC(c1ccc3c(c1)NCCO3)N2. The van der Waals surface area contributed by atoms with Crippen molar-refractivity contribution in [2.45, 2.75) is 18.9 Å². The first-order chi connectivity index (χ1) is 9.90. The van der Waals surface area contributed by atoms with Gasteiger partial charge in [0.2, 0.25) is 0 Å². The maximum atomic E-state index is 5.64. The second-order valence-corrected chi connectivity index (χ2v) is 5.42. The number of hydrogen-bond acceptors (Lipinski definition) is 3. The van der Waals surface area contributed by atoms with E-state index >= 15 is 0 Å². The molecular weight excluding hydrogens is 248 g/mol. The third-order valence-corrected chi connectivity index (χ3v) is 4.13. The predicted molar refractivity (Wildman–Crippen MR) is 81.6 cm³/mol. The first-order valence-corrected chi connectivity index (χ1v) is 7.25. The molecule has 0 spiro atoms. The van der Waals surface area contributed by atoms with Crippen LogP contribution in [0.15, 0.2) is 42.5 Å². The highest BCUT2D eigenvalue weighted by atomic mass is 16.5. The van der Waals surface area contributed by atoms with Crippen LogP contribution < -0.4 is 15.4 Å². The number of nitrogens with one attached hydrogen (secondary N) is 2. The van der Waals surface area contributed by atoms with Crippen LogP contribution in [-0.4, -0.2) is 13.2 Å². The molecule has 0 radical (unpaired) electrons. The van der Waals surface area contributed by atoms with Gasteiger partial charge in [0.05, 0.1) is 11.7 Å². The molecule has 2 N–H and O–H groups in total. The molecule has 1 atom stereocenters. The smallest absolute Gasteiger partial charge is 0.142 e. The summed E-state index contributed by atoms with van der Waals surface area (Å²) < 4.78 is 5.64. The molecule has 2 aliphatic rings. The minimum absolute atomic E-state index is 0.388. The molecule has 0 aliphatic carbocycles. The van der Waals surface area contributed by atoms with Crippen molar-refractivity contribution in [2.24, 2.45) is 0 Å². The molecule has 4 rings (SSSR count). The van der Waals surface area contributed by atoms with E-state index in [1.807, 2.05) is 0 Å². The van der Waals surface area contributed by atoms with Gasteiger partial charge in [0, 0.05) is 12.2 Å². The van der Waals surface area contributed by atoms with Gasteiger partial charge < -0.3 is 15.4 Å². The maximum absolute atomic E-state index is 5.64. The molecule has 0 bridgehead atoms. The normalized spacial score (nSPS) is 19.9. The van der Waals surface area contributed by atoms with E-state index in [1.54, 1.807) is 0 Å². The molecule has 0 saturated heterocycles. The number of hydrogen-bond donors (Lipinski definition) is 2. The maximum Gasteiger partial charge on any atom is 0.142 e. The standard InChI is InChI=1S/C17H18N2O/c1-2-4-14-12(3-1)5-7-15(19-14)13-6-8-17-16(11-13)18-9-10-20-17/h1-4,6,8,11,15,18-19H,5,7,9-10H2. The molecule has 2 aliphatic heterocycles. The van der Waals surface area contributed by atoms with Crippen molar-refractivity contribution >= 4 is 11.4 Å². The summed E-state index contributed by atoms with van der Waals surface area (Å²) in [5, 5.41) is 7.06. The zero-order valence-corrected chi connectivity index (χ0v) is 11.4. The molecule has 0 fully saturated rings. The average Bonchev–Trinajstić information content (AvgIpc) is 2.54. The lowest BCUT2D eigenvalue weighted by atomic mass is 9.93. The van der Waals surface area contributed by atoms with Gasteiger partial charge in [-0.25, -0.2) is 0 Å². The van der Waals surface area contributed by atoms with E-state index in [1.165, 1.54) is 16.8 Å². The van der Waals surface area contributed by atoms with Gasteiger partial charge in [0.1, 0.15) is 12.4 Å². The number of para-hydroxylation sites is 1. The summed E-state index contributed by atoms with van der Waals surface area (Å²) in [6.07, 6.45) is 2.27. The summed E-state index contributed by atoms with van der Waals surface area (Å²) in [5.74, 6) is 0.969. The molecule has 2 aromatic carbocycles. The Morgan fingerprint density at radius 3 is 3.00 bits per heavy atom. The summed E-state index contributed by atoms with van der Waals surface area (Å²) >= 11 is 0. The van der Waals surface area contributed by atoms with Gasteiger partial charge in [-0.15, -0.1) is 0 Å². The first-order valence-electron chi connectivity index (χ1n) is 7.25. The van der Waals surface area contributed by atoms with Crippen LogP contribution in [0, 0.1) is 0 Å². The van der Waals surface area contributed by atoms with E-state index < -0.39 is 0 Å². The average molecular weight is 266 g/mol. The quantitative estimate of drug-likeness (QED) is 0.827. The largest absolute Gasteiger partial charge is 0.490 e. The lowest BCUT2D eigenvalue weighted by molar-refractivity contribution is 0.323. The summed E-state index contributed by atoms with van der Waals surface area (Å²) in [5.41, 5.74) is 5.14. The Balaban J connectivity index is 1.63. The number of ether oxygens (including phenoxy) is 1. The third kappa shape index (κ3) is 1.99. The molecular formula is C17H18N2O. The Morgan fingerprint density at radius 2 is 2.00 bits per heavy atom. The van der Waals surface area contributed by atoms with E-state index in [0.29, 0.717) is 6.04 Å². The van der Waals surface area contributed by atoms with Crippen molar-refractivity contribution in [1.82, 2.24) is 0 Å². The van der Waals surface area contributed by atoms with Crippen LogP contribution in [0.4, 0.5) is 11.4 Å². The Labute approximate surface area is 119 Å². The van der Waals surface area contributed by atoms with Crippen molar-refractivity contribution < 1.29 is 4.74 Å². The molecule has 3 nitrogen and oxygen atoms in total. The van der Waals surface area contributed by atoms with Gasteiger partial charge in [-0.2, -0.15) is 0 Å². The minimum atomic E-state index is 0.388. The van der Waals surface area contributed by atoms with Crippen molar-refractivity contribution in [2.75, 3.05) is 23.8 Å². The molecule has 1 unspecified atom stereocenters. The van der Waals surface area contributed by atoms with E-state index in [-0.39, 0.29) is 0 Å². The second-order valence-electron chi connectivity index (χ2n) is 5.42. The van der Waals surface area contributed by atoms with Gasteiger partial charge >= 0.3 is 0 Å². The lowest BCUT2D eigenvalue weighted by Gasteiger charge is -2.28. The summed E-state index contributed by atoms with van der Waals surface area (Å²) in [7, 11) is 0. The highest BCUT2D eigenvalue weighted by molar-refractivity contribution is 5.61. The zero-order valence-electron chi connectivity index (χ0n) is 11.4. The second kappa shape index (κ2) is 4.75. The van der Waals surface area contributed by atoms with E-state index in [9.17, 15) is 0 Å². The summed E-state index contributed by atoms with van der Waals surface area (Å²) in [6.45, 7) is 1.64. The highest BCUT2D eigenvalue weighted by Gasteiger charge is 2.20. The molecule has 0 saturated carbocycles. The fourth-order valence-electron chi connectivity index (χ4n) is 3.06. The van der Waals surface area contributed by atoms with Gasteiger partial charge in [0.25, 0.3) is 0 Å². The number of rotatable bonds is 1. The van der Waals surface area contributed by atoms with Crippen molar-refractivity contribution in [3.05, 3.63) is 53.6 Å². The monoisotopic (exact) mass is 266 g/mol. The minimum Gasteiger partial charge on any atom is -0.490 e. The lowest BCUT2D eigenvalue weighted by Crippen LogP contribution is -2.20. The van der Waals surface area contributed by atoms with Crippen molar-refractivity contribution in [3.63, 3.8) is 0 Å². The van der Waals surface area contributed by atoms with Crippen LogP contribution in [-0.2, 0) is 6.42 Å². The highest BCUT2D eigenvalue weighted by Crippen LogP contribution is 2.36. The predicted octanol–water partition coefficient (Wildman–Crippen LogP) is 3.59. The van der Waals surface area contributed by atoms with Gasteiger partial charge in [-0.1, -0.05) is 24.3 Å². The molecule has 0 amide bonds. The van der Waals surface area contributed by atoms with Crippen LogP contribution >= 0.6 is 0 Å². The van der Waals surface area contributed by atoms with Gasteiger partial charge in [-0.3, -0.25) is 0 Å². The molecule has 20 heavy (non-hydrogen) atoms. The fourth-order valence-corrected chi connectivity index (χ4v) is 3.06. The van der Waals surface area contributed by atoms with Crippen LogP contribution in [0.1, 0.15) is 23.6 Å². The van der Waals surface area contributed by atoms with Crippen LogP contribution in [0.5, 0.6) is 5.75 Å². The van der Waals surface area contributed by atoms with Crippen LogP contribution in [0.25, 0.3) is 0 Å². The fraction of sp³-hybridized carbons (Fsp3) is 0.294. The van der Waals surface area contributed by atoms with Gasteiger partial charge in [-0.05, 0) is 42.2 Å². The Kier molecular flexibility index (Phi) is 2.76. The molecule has 0 aromatic heterocycles. The Morgan fingerprint density at radius 1 is 1.05 bits per heavy atom.